The molecular formula is C15H17NO4. The Balaban J connectivity index is 2.19. The van der Waals surface area contributed by atoms with Crippen LogP contribution in [0.15, 0.2) is 30.3 Å². The highest BCUT2D eigenvalue weighted by molar-refractivity contribution is 6.06. The van der Waals surface area contributed by atoms with Gasteiger partial charge in [-0.2, -0.15) is 0 Å². The third kappa shape index (κ3) is 3.23. The van der Waals surface area contributed by atoms with Crippen LogP contribution in [-0.4, -0.2) is 35.3 Å². The third-order valence-corrected chi connectivity index (χ3v) is 3.21. The van der Waals surface area contributed by atoms with Gasteiger partial charge in [0.2, 0.25) is 0 Å². The number of rotatable bonds is 2. The third-order valence-electron chi connectivity index (χ3n) is 3.21. The topological polar surface area (TPSA) is 63.7 Å². The predicted octanol–water partition coefficient (Wildman–Crippen LogP) is 1.77. The van der Waals surface area contributed by atoms with E-state index in [9.17, 15) is 14.4 Å². The summed E-state index contributed by atoms with van der Waals surface area (Å²) < 4.78 is 5.02. The van der Waals surface area contributed by atoms with Gasteiger partial charge in [0.05, 0.1) is 0 Å². The summed E-state index contributed by atoms with van der Waals surface area (Å²) in [7, 11) is 0. The first-order valence-corrected chi connectivity index (χ1v) is 6.67. The average Bonchev–Trinajstić information content (AvgIpc) is 2.61. The molecular weight excluding hydrogens is 258 g/mol. The number of hydrogen-bond donors (Lipinski definition) is 0. The maximum atomic E-state index is 12.4. The Morgan fingerprint density at radius 1 is 1.20 bits per heavy atom. The normalized spacial score (nSPS) is 19.4. The summed E-state index contributed by atoms with van der Waals surface area (Å²) in [5.41, 5.74) is 0.462. The molecule has 5 nitrogen and oxygen atoms in total. The van der Waals surface area contributed by atoms with Crippen LogP contribution < -0.4 is 0 Å². The smallest absolute Gasteiger partial charge is 0.303 e. The summed E-state index contributed by atoms with van der Waals surface area (Å²) in [5.74, 6) is -1.27. The monoisotopic (exact) mass is 275 g/mol. The molecule has 1 aromatic rings. The van der Waals surface area contributed by atoms with Crippen molar-refractivity contribution >= 4 is 17.8 Å². The van der Waals surface area contributed by atoms with Gasteiger partial charge in [0.15, 0.2) is 6.10 Å². The summed E-state index contributed by atoms with van der Waals surface area (Å²) in [6.45, 7) is 1.63. The number of hydrogen-bond acceptors (Lipinski definition) is 4. The molecule has 0 N–H and O–H groups in total. The van der Waals surface area contributed by atoms with Gasteiger partial charge in [-0.3, -0.25) is 19.3 Å². The molecule has 1 aliphatic heterocycles. The minimum absolute atomic E-state index is 0.338. The van der Waals surface area contributed by atoms with Crippen molar-refractivity contribution in [1.29, 1.82) is 0 Å². The highest BCUT2D eigenvalue weighted by Gasteiger charge is 2.33. The van der Waals surface area contributed by atoms with Crippen LogP contribution >= 0.6 is 0 Å². The molecule has 0 saturated carbocycles. The zero-order valence-electron chi connectivity index (χ0n) is 11.4. The number of imide groups is 1. The number of ether oxygens (including phenoxy) is 1. The molecule has 0 aliphatic carbocycles. The van der Waals surface area contributed by atoms with Gasteiger partial charge < -0.3 is 4.74 Å². The van der Waals surface area contributed by atoms with E-state index >= 15 is 0 Å². The van der Waals surface area contributed by atoms with E-state index in [1.165, 1.54) is 11.8 Å². The van der Waals surface area contributed by atoms with E-state index in [0.717, 1.165) is 12.8 Å². The Morgan fingerprint density at radius 3 is 2.55 bits per heavy atom. The number of likely N-dealkylation sites (tertiary alicyclic amines) is 1. The molecule has 2 rings (SSSR count). The van der Waals surface area contributed by atoms with Crippen molar-refractivity contribution in [1.82, 2.24) is 4.90 Å². The zero-order valence-corrected chi connectivity index (χ0v) is 11.4. The highest BCUT2D eigenvalue weighted by Crippen LogP contribution is 2.17. The largest absolute Gasteiger partial charge is 0.452 e. The lowest BCUT2D eigenvalue weighted by atomic mass is 10.1. The minimum Gasteiger partial charge on any atom is -0.452 e. The molecule has 1 saturated heterocycles. The first-order chi connectivity index (χ1) is 9.59. The molecule has 0 aromatic heterocycles. The lowest BCUT2D eigenvalue weighted by Gasteiger charge is -2.22. The first kappa shape index (κ1) is 14.2. The number of nitrogens with zero attached hydrogens (tertiary/aromatic N) is 1. The molecule has 1 aliphatic rings. The van der Waals surface area contributed by atoms with Gasteiger partial charge in [-0.05, 0) is 31.4 Å². The molecule has 1 aromatic carbocycles. The fraction of sp³-hybridized carbons (Fsp3) is 0.400. The second-order valence-electron chi connectivity index (χ2n) is 4.75. The Labute approximate surface area is 117 Å². The van der Waals surface area contributed by atoms with Crippen molar-refractivity contribution in [2.75, 3.05) is 6.54 Å². The van der Waals surface area contributed by atoms with Crippen LogP contribution in [0.5, 0.6) is 0 Å². The van der Waals surface area contributed by atoms with E-state index in [0.29, 0.717) is 18.5 Å². The second kappa shape index (κ2) is 6.32. The fourth-order valence-corrected chi connectivity index (χ4v) is 2.25. The molecule has 0 radical (unpaired) electrons. The molecule has 20 heavy (non-hydrogen) atoms. The highest BCUT2D eigenvalue weighted by atomic mass is 16.5. The summed E-state index contributed by atoms with van der Waals surface area (Å²) in [6.07, 6.45) is 1.10. The van der Waals surface area contributed by atoms with Gasteiger partial charge >= 0.3 is 5.97 Å². The van der Waals surface area contributed by atoms with Gasteiger partial charge in [0.25, 0.3) is 11.8 Å². The van der Waals surface area contributed by atoms with Crippen molar-refractivity contribution in [3.63, 3.8) is 0 Å². The van der Waals surface area contributed by atoms with Crippen molar-refractivity contribution in [2.45, 2.75) is 32.3 Å². The molecule has 1 heterocycles. The van der Waals surface area contributed by atoms with Gasteiger partial charge in [-0.25, -0.2) is 0 Å². The van der Waals surface area contributed by atoms with Crippen LogP contribution in [0.3, 0.4) is 0 Å². The average molecular weight is 275 g/mol. The van der Waals surface area contributed by atoms with E-state index in [2.05, 4.69) is 0 Å². The lowest BCUT2D eigenvalue weighted by molar-refractivity contribution is -0.157. The number of carbonyl (C=O) groups is 3. The summed E-state index contributed by atoms with van der Waals surface area (Å²) in [5, 5.41) is 0. The van der Waals surface area contributed by atoms with Crippen LogP contribution in [0.2, 0.25) is 0 Å². The first-order valence-electron chi connectivity index (χ1n) is 6.67. The van der Waals surface area contributed by atoms with Crippen molar-refractivity contribution < 1.29 is 19.1 Å². The van der Waals surface area contributed by atoms with E-state index in [1.54, 1.807) is 24.3 Å². The molecule has 5 heteroatoms. The molecule has 0 bridgehead atoms. The number of amides is 2. The molecule has 106 valence electrons. The Bertz CT molecular complexity index is 512. The predicted molar refractivity (Wildman–Crippen MR) is 71.9 cm³/mol. The molecule has 2 amide bonds. The molecule has 0 spiro atoms. The lowest BCUT2D eigenvalue weighted by Crippen LogP contribution is -2.43. The van der Waals surface area contributed by atoms with Crippen LogP contribution in [0.4, 0.5) is 0 Å². The Kier molecular flexibility index (Phi) is 4.50. The molecule has 1 fully saturated rings. The maximum Gasteiger partial charge on any atom is 0.303 e. The number of carbonyl (C=O) groups excluding carboxylic acids is 3. The van der Waals surface area contributed by atoms with E-state index in [4.69, 9.17) is 4.74 Å². The quantitative estimate of drug-likeness (QED) is 0.609. The summed E-state index contributed by atoms with van der Waals surface area (Å²) in [4.78, 5) is 36.9. The van der Waals surface area contributed by atoms with Crippen molar-refractivity contribution in [3.8, 4) is 0 Å². The number of esters is 1. The SMILES string of the molecule is CC(=O)OC1CCCCN(C(=O)c2ccccc2)C1=O. The Hall–Kier alpha value is -2.17. The van der Waals surface area contributed by atoms with Gasteiger partial charge in [-0.1, -0.05) is 18.2 Å². The van der Waals surface area contributed by atoms with E-state index in [-0.39, 0.29) is 5.91 Å². The number of benzene rings is 1. The van der Waals surface area contributed by atoms with E-state index in [1.807, 2.05) is 6.07 Å². The summed E-state index contributed by atoms with van der Waals surface area (Å²) in [6, 6.07) is 8.64. The molecule has 1 unspecified atom stereocenters. The fourth-order valence-electron chi connectivity index (χ4n) is 2.25. The van der Waals surface area contributed by atoms with Gasteiger partial charge in [0.1, 0.15) is 0 Å². The zero-order chi connectivity index (χ0) is 14.5. The van der Waals surface area contributed by atoms with E-state index < -0.39 is 18.0 Å². The minimum atomic E-state index is -0.845. The Morgan fingerprint density at radius 2 is 1.90 bits per heavy atom. The van der Waals surface area contributed by atoms with Gasteiger partial charge in [-0.15, -0.1) is 0 Å². The van der Waals surface area contributed by atoms with Crippen LogP contribution in [-0.2, 0) is 14.3 Å². The maximum absolute atomic E-state index is 12.4. The standard InChI is InChI=1S/C15H17NO4/c1-11(17)20-13-9-5-6-10-16(15(13)19)14(18)12-7-3-2-4-8-12/h2-4,7-8,13H,5-6,9-10H2,1H3. The van der Waals surface area contributed by atoms with Crippen LogP contribution in [0.1, 0.15) is 36.5 Å². The van der Waals surface area contributed by atoms with Gasteiger partial charge in [0, 0.05) is 19.0 Å². The van der Waals surface area contributed by atoms with Crippen molar-refractivity contribution in [3.05, 3.63) is 35.9 Å². The van der Waals surface area contributed by atoms with Crippen LogP contribution in [0.25, 0.3) is 0 Å². The van der Waals surface area contributed by atoms with Crippen LogP contribution in [0, 0.1) is 0 Å². The summed E-state index contributed by atoms with van der Waals surface area (Å²) >= 11 is 0. The second-order valence-corrected chi connectivity index (χ2v) is 4.75. The molecule has 1 atom stereocenters. The van der Waals surface area contributed by atoms with Crippen molar-refractivity contribution in [2.24, 2.45) is 0 Å².